The lowest BCUT2D eigenvalue weighted by molar-refractivity contribution is -0.107. The van der Waals surface area contributed by atoms with E-state index in [9.17, 15) is 4.79 Å². The van der Waals surface area contributed by atoms with Crippen molar-refractivity contribution in [2.75, 3.05) is 6.26 Å². The van der Waals surface area contributed by atoms with Gasteiger partial charge in [-0.15, -0.1) is 0 Å². The smallest absolute Gasteiger partial charge is 0.229 e. The van der Waals surface area contributed by atoms with E-state index < -0.39 is 0 Å². The molecule has 0 aromatic carbocycles. The molecule has 1 rings (SSSR count). The number of nitrogens with zero attached hydrogens (tertiary/aromatic N) is 1. The molecule has 4 heteroatoms. The first-order valence-electron chi connectivity index (χ1n) is 3.50. The maximum absolute atomic E-state index is 11.1. The van der Waals surface area contributed by atoms with E-state index in [0.29, 0.717) is 0 Å². The van der Waals surface area contributed by atoms with Crippen LogP contribution in [0.25, 0.3) is 6.08 Å². The molecule has 0 bridgehead atoms. The fraction of sp³-hybridized carbons (Fsp3) is 0.111. The summed E-state index contributed by atoms with van der Waals surface area (Å²) in [5.74, 6) is 0. The standard InChI is InChI=1S/C9H7NO2S/c1-13-9(11)8(5-10)4-7-2-3-12-6-7/h2-4,6H,1H3/b8-4+. The number of carbonyl (C=O) groups is 1. The molecule has 0 atom stereocenters. The van der Waals surface area contributed by atoms with E-state index in [-0.39, 0.29) is 10.7 Å². The van der Waals surface area contributed by atoms with Crippen LogP contribution < -0.4 is 0 Å². The van der Waals surface area contributed by atoms with Crippen molar-refractivity contribution in [2.45, 2.75) is 0 Å². The van der Waals surface area contributed by atoms with Crippen LogP contribution in [0.2, 0.25) is 0 Å². The van der Waals surface area contributed by atoms with Gasteiger partial charge in [0.05, 0.1) is 12.5 Å². The molecule has 0 saturated carbocycles. The van der Waals surface area contributed by atoms with Gasteiger partial charge in [-0.1, -0.05) is 11.8 Å². The molecular weight excluding hydrogens is 186 g/mol. The number of furan rings is 1. The molecular formula is C9H7NO2S. The normalized spacial score (nSPS) is 10.9. The maximum Gasteiger partial charge on any atom is 0.229 e. The monoisotopic (exact) mass is 193 g/mol. The number of carbonyl (C=O) groups excluding carboxylic acids is 1. The highest BCUT2D eigenvalue weighted by Crippen LogP contribution is 2.11. The Balaban J connectivity index is 2.91. The quantitative estimate of drug-likeness (QED) is 0.533. The average Bonchev–Trinajstić information content (AvgIpc) is 2.65. The van der Waals surface area contributed by atoms with Gasteiger partial charge in [0.2, 0.25) is 5.12 Å². The van der Waals surface area contributed by atoms with E-state index in [4.69, 9.17) is 9.68 Å². The zero-order valence-electron chi connectivity index (χ0n) is 6.98. The summed E-state index contributed by atoms with van der Waals surface area (Å²) < 4.78 is 4.80. The summed E-state index contributed by atoms with van der Waals surface area (Å²) >= 11 is 1.02. The van der Waals surface area contributed by atoms with Crippen LogP contribution in [0.15, 0.2) is 28.6 Å². The van der Waals surface area contributed by atoms with E-state index >= 15 is 0 Å². The Hall–Kier alpha value is -1.47. The first kappa shape index (κ1) is 9.62. The van der Waals surface area contributed by atoms with Crippen molar-refractivity contribution >= 4 is 23.0 Å². The highest BCUT2D eigenvalue weighted by molar-refractivity contribution is 8.13. The van der Waals surface area contributed by atoms with Crippen molar-refractivity contribution in [1.82, 2.24) is 0 Å². The van der Waals surface area contributed by atoms with Gasteiger partial charge in [-0.2, -0.15) is 5.26 Å². The fourth-order valence-electron chi connectivity index (χ4n) is 0.771. The van der Waals surface area contributed by atoms with Crippen LogP contribution in [0, 0.1) is 11.3 Å². The van der Waals surface area contributed by atoms with Crippen molar-refractivity contribution in [1.29, 1.82) is 5.26 Å². The molecule has 0 saturated heterocycles. The fourth-order valence-corrected chi connectivity index (χ4v) is 1.10. The van der Waals surface area contributed by atoms with E-state index in [1.165, 1.54) is 18.6 Å². The maximum atomic E-state index is 11.1. The molecule has 0 aliphatic heterocycles. The van der Waals surface area contributed by atoms with Gasteiger partial charge in [-0.3, -0.25) is 4.79 Å². The SMILES string of the molecule is CSC(=O)/C(C#N)=C/c1ccoc1. The molecule has 0 spiro atoms. The highest BCUT2D eigenvalue weighted by atomic mass is 32.2. The molecule has 0 N–H and O–H groups in total. The lowest BCUT2D eigenvalue weighted by Crippen LogP contribution is -1.92. The van der Waals surface area contributed by atoms with Gasteiger partial charge < -0.3 is 4.42 Å². The van der Waals surface area contributed by atoms with E-state index in [2.05, 4.69) is 0 Å². The molecule has 3 nitrogen and oxygen atoms in total. The molecule has 13 heavy (non-hydrogen) atoms. The Kier molecular flexibility index (Phi) is 3.35. The van der Waals surface area contributed by atoms with Crippen molar-refractivity contribution in [2.24, 2.45) is 0 Å². The van der Waals surface area contributed by atoms with Gasteiger partial charge >= 0.3 is 0 Å². The molecule has 66 valence electrons. The van der Waals surface area contributed by atoms with Crippen LogP contribution in [-0.2, 0) is 4.79 Å². The second-order valence-electron chi connectivity index (χ2n) is 2.22. The van der Waals surface area contributed by atoms with Crippen LogP contribution in [-0.4, -0.2) is 11.4 Å². The molecule has 0 radical (unpaired) electrons. The summed E-state index contributed by atoms with van der Waals surface area (Å²) in [6.45, 7) is 0. The van der Waals surface area contributed by atoms with Crippen molar-refractivity contribution in [3.05, 3.63) is 29.7 Å². The lowest BCUT2D eigenvalue weighted by Gasteiger charge is -1.90. The van der Waals surface area contributed by atoms with E-state index in [1.807, 2.05) is 6.07 Å². The molecule has 0 amide bonds. The average molecular weight is 193 g/mol. The van der Waals surface area contributed by atoms with Crippen molar-refractivity contribution < 1.29 is 9.21 Å². The van der Waals surface area contributed by atoms with Gasteiger partial charge in [0.15, 0.2) is 0 Å². The predicted octanol–water partition coefficient (Wildman–Crippen LogP) is 2.08. The van der Waals surface area contributed by atoms with Crippen LogP contribution in [0.4, 0.5) is 0 Å². The Morgan fingerprint density at radius 3 is 3.00 bits per heavy atom. The van der Waals surface area contributed by atoms with Gasteiger partial charge in [0.25, 0.3) is 0 Å². The van der Waals surface area contributed by atoms with Gasteiger partial charge in [-0.25, -0.2) is 0 Å². The molecule has 1 aromatic heterocycles. The summed E-state index contributed by atoms with van der Waals surface area (Å²) in [5.41, 5.74) is 0.854. The Morgan fingerprint density at radius 1 is 1.77 bits per heavy atom. The third-order valence-corrected chi connectivity index (χ3v) is 1.97. The highest BCUT2D eigenvalue weighted by Gasteiger charge is 2.06. The summed E-state index contributed by atoms with van der Waals surface area (Å²) in [4.78, 5) is 11.1. The van der Waals surface area contributed by atoms with Gasteiger partial charge in [0, 0.05) is 5.56 Å². The Labute approximate surface area is 80.0 Å². The summed E-state index contributed by atoms with van der Waals surface area (Å²) in [6, 6.07) is 3.53. The molecule has 0 fully saturated rings. The molecule has 0 aliphatic carbocycles. The zero-order valence-corrected chi connectivity index (χ0v) is 7.80. The van der Waals surface area contributed by atoms with Gasteiger partial charge in [0.1, 0.15) is 11.6 Å². The number of hydrogen-bond donors (Lipinski definition) is 0. The minimum atomic E-state index is -0.233. The predicted molar refractivity (Wildman–Crippen MR) is 50.8 cm³/mol. The van der Waals surface area contributed by atoms with Crippen LogP contribution in [0.1, 0.15) is 5.56 Å². The van der Waals surface area contributed by atoms with E-state index in [0.717, 1.165) is 17.3 Å². The van der Waals surface area contributed by atoms with Crippen molar-refractivity contribution in [3.63, 3.8) is 0 Å². The number of hydrogen-bond acceptors (Lipinski definition) is 4. The summed E-state index contributed by atoms with van der Waals surface area (Å²) in [5, 5.41) is 8.41. The number of rotatable bonds is 2. The lowest BCUT2D eigenvalue weighted by atomic mass is 10.2. The molecule has 1 heterocycles. The van der Waals surface area contributed by atoms with E-state index in [1.54, 1.807) is 12.3 Å². The minimum absolute atomic E-state index is 0.133. The largest absolute Gasteiger partial charge is 0.472 e. The summed E-state index contributed by atoms with van der Waals surface area (Å²) in [6.07, 6.45) is 6.11. The third kappa shape index (κ3) is 2.49. The second-order valence-corrected chi connectivity index (χ2v) is 3.00. The second kappa shape index (κ2) is 4.53. The van der Waals surface area contributed by atoms with Crippen LogP contribution in [0.3, 0.4) is 0 Å². The van der Waals surface area contributed by atoms with Crippen LogP contribution >= 0.6 is 11.8 Å². The van der Waals surface area contributed by atoms with Gasteiger partial charge in [-0.05, 0) is 18.4 Å². The molecule has 0 unspecified atom stereocenters. The Bertz CT molecular complexity index is 359. The minimum Gasteiger partial charge on any atom is -0.472 e. The van der Waals surface area contributed by atoms with Crippen LogP contribution in [0.5, 0.6) is 0 Å². The van der Waals surface area contributed by atoms with Crippen molar-refractivity contribution in [3.8, 4) is 6.07 Å². The first-order chi connectivity index (χ1) is 6.27. The zero-order chi connectivity index (χ0) is 9.68. The third-order valence-electron chi connectivity index (χ3n) is 1.38. The topological polar surface area (TPSA) is 54.0 Å². The molecule has 1 aromatic rings. The number of thioether (sulfide) groups is 1. The first-order valence-corrected chi connectivity index (χ1v) is 4.72. The number of nitriles is 1. The molecule has 0 aliphatic rings. The summed E-state index contributed by atoms with van der Waals surface area (Å²) in [7, 11) is 0. The Morgan fingerprint density at radius 2 is 2.54 bits per heavy atom.